The van der Waals surface area contributed by atoms with Crippen LogP contribution in [0.5, 0.6) is 0 Å². The Labute approximate surface area is 82.3 Å². The predicted molar refractivity (Wildman–Crippen MR) is 58.7 cm³/mol. The zero-order chi connectivity index (χ0) is 8.97. The molecule has 1 aromatic carbocycles. The van der Waals surface area contributed by atoms with Gasteiger partial charge in [-0.1, -0.05) is 29.9 Å². The summed E-state index contributed by atoms with van der Waals surface area (Å²) in [6.45, 7) is 2.07. The van der Waals surface area contributed by atoms with Gasteiger partial charge in [0.05, 0.1) is 4.99 Å². The lowest BCUT2D eigenvalue weighted by Crippen LogP contribution is -2.10. The van der Waals surface area contributed by atoms with E-state index in [0.29, 0.717) is 4.99 Å². The summed E-state index contributed by atoms with van der Waals surface area (Å²) in [6, 6.07) is 8.31. The van der Waals surface area contributed by atoms with E-state index in [1.807, 2.05) is 6.07 Å². The second kappa shape index (κ2) is 4.48. The molecule has 0 fully saturated rings. The van der Waals surface area contributed by atoms with Crippen molar-refractivity contribution in [2.24, 2.45) is 5.73 Å². The highest BCUT2D eigenvalue weighted by Gasteiger charge is 1.94. The van der Waals surface area contributed by atoms with Crippen molar-refractivity contribution >= 4 is 29.0 Å². The first-order valence-electron chi connectivity index (χ1n) is 3.66. The number of nitrogens with two attached hydrogens (primary N) is 1. The van der Waals surface area contributed by atoms with Crippen LogP contribution in [-0.2, 0) is 0 Å². The Bertz CT molecular complexity index is 284. The number of aryl methyl sites for hydroxylation is 1. The zero-order valence-electron chi connectivity index (χ0n) is 6.91. The first-order chi connectivity index (χ1) is 5.68. The molecule has 0 saturated carbocycles. The van der Waals surface area contributed by atoms with Crippen molar-refractivity contribution in [3.05, 3.63) is 29.8 Å². The fraction of sp³-hybridized carbons (Fsp3) is 0.222. The Morgan fingerprint density at radius 1 is 1.58 bits per heavy atom. The van der Waals surface area contributed by atoms with E-state index < -0.39 is 0 Å². The highest BCUT2D eigenvalue weighted by atomic mass is 32.2. The highest BCUT2D eigenvalue weighted by molar-refractivity contribution is 8.01. The van der Waals surface area contributed by atoms with Gasteiger partial charge in [-0.05, 0) is 19.1 Å². The van der Waals surface area contributed by atoms with E-state index in [0.717, 1.165) is 5.75 Å². The predicted octanol–water partition coefficient (Wildman–Crippen LogP) is 2.37. The van der Waals surface area contributed by atoms with Crippen LogP contribution in [0.25, 0.3) is 0 Å². The minimum atomic E-state index is 0.557. The third-order valence-corrected chi connectivity index (χ3v) is 2.74. The average molecular weight is 197 g/mol. The molecule has 0 aliphatic carbocycles. The minimum absolute atomic E-state index is 0.557. The van der Waals surface area contributed by atoms with E-state index >= 15 is 0 Å². The minimum Gasteiger partial charge on any atom is -0.393 e. The van der Waals surface area contributed by atoms with Crippen LogP contribution in [0.4, 0.5) is 0 Å². The summed E-state index contributed by atoms with van der Waals surface area (Å²) in [6.07, 6.45) is 0. The van der Waals surface area contributed by atoms with Gasteiger partial charge in [0, 0.05) is 10.6 Å². The third-order valence-electron chi connectivity index (χ3n) is 1.37. The summed E-state index contributed by atoms with van der Waals surface area (Å²) in [5.74, 6) is 0.721. The van der Waals surface area contributed by atoms with Gasteiger partial charge in [0.15, 0.2) is 0 Å². The fourth-order valence-corrected chi connectivity index (χ4v) is 1.79. The van der Waals surface area contributed by atoms with E-state index in [-0.39, 0.29) is 0 Å². The normalized spacial score (nSPS) is 9.75. The second-order valence-corrected chi connectivity index (χ2v) is 4.14. The number of hydrogen-bond donors (Lipinski definition) is 1. The summed E-state index contributed by atoms with van der Waals surface area (Å²) in [5, 5.41) is 0. The van der Waals surface area contributed by atoms with E-state index in [1.165, 1.54) is 10.5 Å². The molecule has 0 amide bonds. The van der Waals surface area contributed by atoms with Gasteiger partial charge < -0.3 is 5.73 Å². The summed E-state index contributed by atoms with van der Waals surface area (Å²) in [7, 11) is 0. The molecule has 3 heteroatoms. The fourth-order valence-electron chi connectivity index (χ4n) is 0.860. The molecule has 0 aromatic heterocycles. The Kier molecular flexibility index (Phi) is 3.56. The van der Waals surface area contributed by atoms with Gasteiger partial charge in [0.1, 0.15) is 0 Å². The number of rotatable bonds is 3. The number of thioether (sulfide) groups is 1. The van der Waals surface area contributed by atoms with Crippen LogP contribution >= 0.6 is 24.0 Å². The van der Waals surface area contributed by atoms with Crippen LogP contribution in [-0.4, -0.2) is 10.7 Å². The second-order valence-electron chi connectivity index (χ2n) is 2.57. The third kappa shape index (κ3) is 3.24. The Morgan fingerprint density at radius 3 is 2.92 bits per heavy atom. The van der Waals surface area contributed by atoms with Gasteiger partial charge in [-0.2, -0.15) is 0 Å². The maximum Gasteiger partial charge on any atom is 0.0831 e. The van der Waals surface area contributed by atoms with Gasteiger partial charge in [0.25, 0.3) is 0 Å². The first kappa shape index (κ1) is 9.55. The molecule has 1 aromatic rings. The lowest BCUT2D eigenvalue weighted by molar-refractivity contribution is 1.36. The molecule has 12 heavy (non-hydrogen) atoms. The van der Waals surface area contributed by atoms with Crippen LogP contribution in [0.3, 0.4) is 0 Å². The molecule has 0 atom stereocenters. The molecule has 2 N–H and O–H groups in total. The van der Waals surface area contributed by atoms with Crippen LogP contribution in [0.2, 0.25) is 0 Å². The van der Waals surface area contributed by atoms with Crippen molar-refractivity contribution in [3.8, 4) is 0 Å². The van der Waals surface area contributed by atoms with Crippen molar-refractivity contribution in [3.63, 3.8) is 0 Å². The van der Waals surface area contributed by atoms with Gasteiger partial charge in [-0.3, -0.25) is 0 Å². The van der Waals surface area contributed by atoms with Crippen LogP contribution in [0.1, 0.15) is 5.56 Å². The standard InChI is InChI=1S/C9H11NS2/c1-7-3-2-4-8(5-7)12-6-9(10)11/h2-5H,6H2,1H3,(H2,10,11). The van der Waals surface area contributed by atoms with Crippen molar-refractivity contribution in [1.82, 2.24) is 0 Å². The van der Waals surface area contributed by atoms with Gasteiger partial charge in [0.2, 0.25) is 0 Å². The largest absolute Gasteiger partial charge is 0.393 e. The molecule has 64 valence electrons. The molecule has 0 bridgehead atoms. The van der Waals surface area contributed by atoms with Crippen molar-refractivity contribution in [2.45, 2.75) is 11.8 Å². The van der Waals surface area contributed by atoms with E-state index in [4.69, 9.17) is 18.0 Å². The molecule has 1 rings (SSSR count). The van der Waals surface area contributed by atoms with Gasteiger partial charge >= 0.3 is 0 Å². The maximum absolute atomic E-state index is 5.39. The molecule has 1 nitrogen and oxygen atoms in total. The van der Waals surface area contributed by atoms with E-state index in [2.05, 4.69) is 25.1 Å². The number of benzene rings is 1. The molecule has 0 aliphatic heterocycles. The lowest BCUT2D eigenvalue weighted by Gasteiger charge is -2.00. The SMILES string of the molecule is Cc1cccc(SCC(N)=S)c1. The first-order valence-corrected chi connectivity index (χ1v) is 5.05. The van der Waals surface area contributed by atoms with E-state index in [9.17, 15) is 0 Å². The molecule has 0 saturated heterocycles. The summed E-state index contributed by atoms with van der Waals surface area (Å²) < 4.78 is 0. The Balaban J connectivity index is 2.57. The lowest BCUT2D eigenvalue weighted by atomic mass is 10.2. The van der Waals surface area contributed by atoms with Crippen LogP contribution in [0.15, 0.2) is 29.2 Å². The summed E-state index contributed by atoms with van der Waals surface area (Å²) >= 11 is 6.46. The van der Waals surface area contributed by atoms with Crippen molar-refractivity contribution in [2.75, 3.05) is 5.75 Å². The average Bonchev–Trinajstić information content (AvgIpc) is 2.01. The molecular weight excluding hydrogens is 186 g/mol. The molecular formula is C9H11NS2. The smallest absolute Gasteiger partial charge is 0.0831 e. The topological polar surface area (TPSA) is 26.0 Å². The van der Waals surface area contributed by atoms with E-state index in [1.54, 1.807) is 11.8 Å². The number of hydrogen-bond acceptors (Lipinski definition) is 2. The quantitative estimate of drug-likeness (QED) is 0.595. The summed E-state index contributed by atoms with van der Waals surface area (Å²) in [5.41, 5.74) is 6.66. The Hall–Kier alpha value is -0.540. The highest BCUT2D eigenvalue weighted by Crippen LogP contribution is 2.18. The molecule has 0 spiro atoms. The molecule has 0 radical (unpaired) electrons. The maximum atomic E-state index is 5.39. The summed E-state index contributed by atoms with van der Waals surface area (Å²) in [4.78, 5) is 1.78. The number of thiocarbonyl (C=S) groups is 1. The van der Waals surface area contributed by atoms with Crippen LogP contribution < -0.4 is 5.73 Å². The molecule has 0 aliphatic rings. The Morgan fingerprint density at radius 2 is 2.33 bits per heavy atom. The van der Waals surface area contributed by atoms with Gasteiger partial charge in [-0.25, -0.2) is 0 Å². The monoisotopic (exact) mass is 197 g/mol. The molecule has 0 heterocycles. The van der Waals surface area contributed by atoms with Crippen LogP contribution in [0, 0.1) is 6.92 Å². The van der Waals surface area contributed by atoms with Crippen molar-refractivity contribution in [1.29, 1.82) is 0 Å². The van der Waals surface area contributed by atoms with Crippen molar-refractivity contribution < 1.29 is 0 Å². The zero-order valence-corrected chi connectivity index (χ0v) is 8.54. The molecule has 0 unspecified atom stereocenters. The van der Waals surface area contributed by atoms with Gasteiger partial charge in [-0.15, -0.1) is 11.8 Å².